The van der Waals surface area contributed by atoms with Crippen LogP contribution in [0.4, 0.5) is 52.7 Å². The van der Waals surface area contributed by atoms with Crippen LogP contribution < -0.4 is 5.32 Å². The number of alkyl halides is 12. The minimum Gasteiger partial charge on any atom is -0.374 e. The van der Waals surface area contributed by atoms with E-state index < -0.39 is 53.0 Å². The third-order valence-electron chi connectivity index (χ3n) is 8.59. The van der Waals surface area contributed by atoms with E-state index in [0.29, 0.717) is 63.6 Å². The van der Waals surface area contributed by atoms with E-state index in [1.165, 1.54) is 24.3 Å². The molecule has 1 unspecified atom stereocenters. The number of halogens is 12. The lowest BCUT2D eigenvalue weighted by Crippen LogP contribution is -2.28. The maximum Gasteiger partial charge on any atom is 0.416 e. The van der Waals surface area contributed by atoms with Crippen molar-refractivity contribution in [3.05, 3.63) is 123 Å². The van der Waals surface area contributed by atoms with Crippen LogP contribution in [0.2, 0.25) is 0 Å². The Morgan fingerprint density at radius 2 is 0.958 bits per heavy atom. The Bertz CT molecular complexity index is 2000. The van der Waals surface area contributed by atoms with Crippen molar-refractivity contribution in [2.75, 3.05) is 0 Å². The van der Waals surface area contributed by atoms with Gasteiger partial charge in [-0.15, -0.1) is 0 Å². The van der Waals surface area contributed by atoms with Crippen molar-refractivity contribution in [2.45, 2.75) is 43.6 Å². The lowest BCUT2D eigenvalue weighted by Gasteiger charge is -2.23. The number of benzene rings is 4. The number of rotatable bonds is 2. The van der Waals surface area contributed by atoms with Crippen LogP contribution in [-0.2, 0) is 37.5 Å². The van der Waals surface area contributed by atoms with Gasteiger partial charge in [0, 0.05) is 29.8 Å². The average Bonchev–Trinajstić information content (AvgIpc) is 3.53. The van der Waals surface area contributed by atoms with E-state index in [1.54, 1.807) is 12.1 Å². The number of hydrogen-bond acceptors (Lipinski definition) is 2. The Hall–Kier alpha value is -4.75. The van der Waals surface area contributed by atoms with E-state index in [4.69, 9.17) is 4.99 Å². The van der Waals surface area contributed by atoms with Crippen LogP contribution in [0.5, 0.6) is 0 Å². The molecule has 7 rings (SSSR count). The lowest BCUT2D eigenvalue weighted by atomic mass is 9.96. The van der Waals surface area contributed by atoms with E-state index in [2.05, 4.69) is 5.32 Å². The van der Waals surface area contributed by atoms with Gasteiger partial charge in [-0.1, -0.05) is 36.4 Å². The fourth-order valence-corrected chi connectivity index (χ4v) is 6.36. The number of allylic oxidation sites excluding steroid dienone is 1. The Kier molecular flexibility index (Phi) is 6.88. The highest BCUT2D eigenvalue weighted by molar-refractivity contribution is 6.03. The molecule has 0 saturated carbocycles. The first kappa shape index (κ1) is 31.8. The van der Waals surface area contributed by atoms with Crippen LogP contribution >= 0.6 is 0 Å². The molecule has 0 spiro atoms. The maximum absolute atomic E-state index is 13.4. The second-order valence-corrected chi connectivity index (χ2v) is 11.7. The molecule has 2 aliphatic carbocycles. The van der Waals surface area contributed by atoms with Gasteiger partial charge in [0.25, 0.3) is 0 Å². The van der Waals surface area contributed by atoms with Gasteiger partial charge in [-0.05, 0) is 75.3 Å². The quantitative estimate of drug-likeness (QED) is 0.209. The summed E-state index contributed by atoms with van der Waals surface area (Å²) in [6.45, 7) is 0. The molecule has 0 bridgehead atoms. The monoisotopic (exact) mass is 682 g/mol. The summed E-state index contributed by atoms with van der Waals surface area (Å²) in [4.78, 5) is 4.79. The summed E-state index contributed by atoms with van der Waals surface area (Å²) >= 11 is 0. The summed E-state index contributed by atoms with van der Waals surface area (Å²) in [5.41, 5.74) is -1.48. The molecule has 48 heavy (non-hydrogen) atoms. The first-order chi connectivity index (χ1) is 22.3. The van der Waals surface area contributed by atoms with Gasteiger partial charge < -0.3 is 5.32 Å². The molecule has 0 radical (unpaired) electrons. The van der Waals surface area contributed by atoms with Crippen LogP contribution in [0.3, 0.4) is 0 Å². The fraction of sp³-hybridized carbons (Fsp3) is 0.206. The molecule has 4 aromatic rings. The summed E-state index contributed by atoms with van der Waals surface area (Å²) < 4.78 is 161. The molecule has 14 heteroatoms. The van der Waals surface area contributed by atoms with Gasteiger partial charge in [0.05, 0.1) is 34.0 Å². The molecule has 4 aromatic carbocycles. The zero-order chi connectivity index (χ0) is 34.6. The average molecular weight is 683 g/mol. The van der Waals surface area contributed by atoms with Gasteiger partial charge >= 0.3 is 24.7 Å². The Morgan fingerprint density at radius 3 is 1.44 bits per heavy atom. The summed E-state index contributed by atoms with van der Waals surface area (Å²) in [6, 6.07) is 11.4. The van der Waals surface area contributed by atoms with E-state index in [0.717, 1.165) is 0 Å². The fourth-order valence-electron chi connectivity index (χ4n) is 6.36. The van der Waals surface area contributed by atoms with E-state index in [1.807, 2.05) is 0 Å². The minimum absolute atomic E-state index is 0.0656. The largest absolute Gasteiger partial charge is 0.416 e. The van der Waals surface area contributed by atoms with Gasteiger partial charge in [0.15, 0.2) is 0 Å². The molecular formula is C34H18F12N2. The molecule has 2 nitrogen and oxygen atoms in total. The van der Waals surface area contributed by atoms with Gasteiger partial charge in [-0.2, -0.15) is 52.7 Å². The van der Waals surface area contributed by atoms with E-state index in [-0.39, 0.29) is 47.2 Å². The minimum atomic E-state index is -5.00. The third-order valence-corrected chi connectivity index (χ3v) is 8.59. The predicted octanol–water partition coefficient (Wildman–Crippen LogP) is 10.7. The van der Waals surface area contributed by atoms with Crippen molar-refractivity contribution in [1.82, 2.24) is 5.32 Å². The normalized spacial score (nSPS) is 17.4. The van der Waals surface area contributed by atoms with Crippen LogP contribution in [-0.4, -0.2) is 5.71 Å². The number of fused-ring (bicyclic) bond motifs is 5. The van der Waals surface area contributed by atoms with Crippen LogP contribution in [0.25, 0.3) is 28.0 Å². The zero-order valence-electron chi connectivity index (χ0n) is 23.9. The van der Waals surface area contributed by atoms with Gasteiger partial charge in [-0.25, -0.2) is 0 Å². The molecule has 1 heterocycles. The SMILES string of the molecule is FC(F)(F)c1cc(-c2ccc3c(c2)CC2=C3N=C3Cc4cc(-c5cc(C(F)(F)F)cc(C(F)(F)F)c5)ccc4C3N2)cc(C(F)(F)F)c1. The predicted molar refractivity (Wildman–Crippen MR) is 151 cm³/mol. The van der Waals surface area contributed by atoms with Gasteiger partial charge in [-0.3, -0.25) is 4.99 Å². The van der Waals surface area contributed by atoms with Crippen LogP contribution in [0, 0.1) is 0 Å². The molecule has 0 amide bonds. The Morgan fingerprint density at radius 1 is 0.500 bits per heavy atom. The zero-order valence-corrected chi connectivity index (χ0v) is 23.9. The summed E-state index contributed by atoms with van der Waals surface area (Å²) in [6.07, 6.45) is -19.5. The maximum atomic E-state index is 13.4. The molecule has 0 saturated heterocycles. The van der Waals surface area contributed by atoms with Crippen molar-refractivity contribution < 1.29 is 52.7 Å². The van der Waals surface area contributed by atoms with Crippen molar-refractivity contribution in [2.24, 2.45) is 4.99 Å². The standard InChI is InChI=1S/C34H18F12N2/c35-31(36,37)21-7-17(8-22(13-21)32(38,39)40)15-1-3-25-19(5-15)11-27-29(25)47-28-12-20-6-16(2-4-26(20)30(28)48-27)18-9-23(33(41,42)43)14-24(10-18)34(44,45)46/h1-10,13-14,29,47H,11-12H2. The van der Waals surface area contributed by atoms with Gasteiger partial charge in [0.2, 0.25) is 0 Å². The Labute approximate surface area is 263 Å². The molecule has 0 fully saturated rings. The Balaban J connectivity index is 1.19. The van der Waals surface area contributed by atoms with E-state index >= 15 is 0 Å². The second-order valence-electron chi connectivity index (χ2n) is 11.7. The van der Waals surface area contributed by atoms with Gasteiger partial charge in [0.1, 0.15) is 0 Å². The van der Waals surface area contributed by atoms with Crippen molar-refractivity contribution in [3.8, 4) is 22.3 Å². The topological polar surface area (TPSA) is 24.4 Å². The van der Waals surface area contributed by atoms with Crippen LogP contribution in [0.15, 0.2) is 83.5 Å². The third kappa shape index (κ3) is 5.60. The van der Waals surface area contributed by atoms with Crippen LogP contribution in [0.1, 0.15) is 50.5 Å². The molecule has 3 aliphatic rings. The summed E-state index contributed by atoms with van der Waals surface area (Å²) in [5, 5.41) is 3.37. The second kappa shape index (κ2) is 10.4. The van der Waals surface area contributed by atoms with Crippen molar-refractivity contribution >= 4 is 11.4 Å². The van der Waals surface area contributed by atoms with Crippen molar-refractivity contribution in [1.29, 1.82) is 0 Å². The number of nitrogens with one attached hydrogen (secondary N) is 1. The number of hydrogen-bond donors (Lipinski definition) is 1. The van der Waals surface area contributed by atoms with Crippen molar-refractivity contribution in [3.63, 3.8) is 0 Å². The molecule has 0 aromatic heterocycles. The highest BCUT2D eigenvalue weighted by Crippen LogP contribution is 2.45. The molecular weight excluding hydrogens is 664 g/mol. The number of nitrogens with zero attached hydrogens (tertiary/aromatic N) is 1. The first-order valence-electron chi connectivity index (χ1n) is 14.2. The molecule has 1 N–H and O–H groups in total. The molecule has 248 valence electrons. The number of aliphatic imine (C=N–C) groups is 1. The lowest BCUT2D eigenvalue weighted by molar-refractivity contribution is -0.144. The summed E-state index contributed by atoms with van der Waals surface area (Å²) in [7, 11) is 0. The smallest absolute Gasteiger partial charge is 0.374 e. The van der Waals surface area contributed by atoms with E-state index in [9.17, 15) is 52.7 Å². The highest BCUT2D eigenvalue weighted by atomic mass is 19.4. The molecule has 1 atom stereocenters. The molecule has 1 aliphatic heterocycles. The summed E-state index contributed by atoms with van der Waals surface area (Å²) in [5.74, 6) is 0. The highest BCUT2D eigenvalue weighted by Gasteiger charge is 2.40. The first-order valence-corrected chi connectivity index (χ1v) is 14.2.